The van der Waals surface area contributed by atoms with Crippen LogP contribution in [0.4, 0.5) is 5.82 Å². The van der Waals surface area contributed by atoms with E-state index in [2.05, 4.69) is 20.2 Å². The fourth-order valence-electron chi connectivity index (χ4n) is 3.65. The van der Waals surface area contributed by atoms with Crippen LogP contribution < -0.4 is 19.5 Å². The highest BCUT2D eigenvalue weighted by Crippen LogP contribution is 2.34. The van der Waals surface area contributed by atoms with Gasteiger partial charge in [0.05, 0.1) is 39.6 Å². The number of carbonyl (C=O) groups is 1. The number of fused-ring (bicyclic) bond motifs is 1. The van der Waals surface area contributed by atoms with E-state index >= 15 is 0 Å². The van der Waals surface area contributed by atoms with Crippen molar-refractivity contribution in [3.63, 3.8) is 0 Å². The van der Waals surface area contributed by atoms with Crippen LogP contribution >= 0.6 is 0 Å². The fraction of sp³-hybridized carbons (Fsp3) is 0.375. The summed E-state index contributed by atoms with van der Waals surface area (Å²) in [6.45, 7) is 5.02. The molecular formula is C24H28N4O5. The number of rotatable bonds is 9. The third kappa shape index (κ3) is 5.68. The number of aromatic nitrogens is 2. The van der Waals surface area contributed by atoms with Crippen LogP contribution in [-0.2, 0) is 4.74 Å². The molecule has 1 N–H and O–H groups in total. The highest BCUT2D eigenvalue weighted by atomic mass is 16.5. The molecule has 1 aromatic heterocycles. The summed E-state index contributed by atoms with van der Waals surface area (Å²) in [7, 11) is 3.17. The van der Waals surface area contributed by atoms with Crippen molar-refractivity contribution in [2.24, 2.45) is 0 Å². The second-order valence-electron chi connectivity index (χ2n) is 7.58. The third-order valence-electron chi connectivity index (χ3n) is 5.48. The number of anilines is 1. The van der Waals surface area contributed by atoms with Gasteiger partial charge < -0.3 is 24.3 Å². The van der Waals surface area contributed by atoms with Gasteiger partial charge in [-0.25, -0.2) is 9.97 Å². The lowest BCUT2D eigenvalue weighted by molar-refractivity contribution is 0.0357. The van der Waals surface area contributed by atoms with E-state index in [0.29, 0.717) is 46.1 Å². The summed E-state index contributed by atoms with van der Waals surface area (Å²) < 4.78 is 22.1. The number of nitrogens with one attached hydrogen (secondary N) is 1. The summed E-state index contributed by atoms with van der Waals surface area (Å²) in [5.74, 6) is 1.97. The molecule has 174 valence electrons. The van der Waals surface area contributed by atoms with Crippen molar-refractivity contribution < 1.29 is 23.7 Å². The van der Waals surface area contributed by atoms with Gasteiger partial charge in [0.25, 0.3) is 5.91 Å². The molecule has 0 aliphatic carbocycles. The SMILES string of the molecule is COc1ccc(C(=O)Nc2ncnc3cc(OCCCN4CCOCC4)c(OC)cc23)cc1. The van der Waals surface area contributed by atoms with Crippen molar-refractivity contribution in [1.82, 2.24) is 14.9 Å². The molecule has 0 radical (unpaired) electrons. The van der Waals surface area contributed by atoms with Crippen molar-refractivity contribution in [2.75, 3.05) is 59.0 Å². The molecule has 3 aromatic rings. The summed E-state index contributed by atoms with van der Waals surface area (Å²) >= 11 is 0. The third-order valence-corrected chi connectivity index (χ3v) is 5.48. The zero-order valence-electron chi connectivity index (χ0n) is 18.9. The van der Waals surface area contributed by atoms with Crippen LogP contribution in [0, 0.1) is 0 Å². The van der Waals surface area contributed by atoms with Gasteiger partial charge in [-0.05, 0) is 36.8 Å². The maximum atomic E-state index is 12.7. The molecule has 0 atom stereocenters. The molecule has 4 rings (SSSR count). The Balaban J connectivity index is 1.46. The average Bonchev–Trinajstić information content (AvgIpc) is 2.87. The molecule has 1 aliphatic rings. The average molecular weight is 453 g/mol. The second-order valence-corrected chi connectivity index (χ2v) is 7.58. The Morgan fingerprint density at radius 3 is 2.58 bits per heavy atom. The van der Waals surface area contributed by atoms with E-state index in [-0.39, 0.29) is 5.91 Å². The minimum Gasteiger partial charge on any atom is -0.497 e. The first kappa shape index (κ1) is 22.8. The Kier molecular flexibility index (Phi) is 7.54. The molecule has 1 amide bonds. The quantitative estimate of drug-likeness (QED) is 0.495. The number of nitrogens with zero attached hydrogens (tertiary/aromatic N) is 3. The Morgan fingerprint density at radius 1 is 1.06 bits per heavy atom. The van der Waals surface area contributed by atoms with Gasteiger partial charge in [-0.3, -0.25) is 9.69 Å². The van der Waals surface area contributed by atoms with Crippen molar-refractivity contribution in [3.8, 4) is 17.2 Å². The van der Waals surface area contributed by atoms with E-state index in [4.69, 9.17) is 18.9 Å². The maximum absolute atomic E-state index is 12.7. The van der Waals surface area contributed by atoms with Crippen molar-refractivity contribution in [2.45, 2.75) is 6.42 Å². The van der Waals surface area contributed by atoms with E-state index in [9.17, 15) is 4.79 Å². The molecule has 2 aromatic carbocycles. The lowest BCUT2D eigenvalue weighted by Crippen LogP contribution is -2.37. The number of benzene rings is 2. The smallest absolute Gasteiger partial charge is 0.256 e. The van der Waals surface area contributed by atoms with Gasteiger partial charge in [-0.2, -0.15) is 0 Å². The van der Waals surface area contributed by atoms with E-state index < -0.39 is 0 Å². The zero-order chi connectivity index (χ0) is 23.0. The lowest BCUT2D eigenvalue weighted by Gasteiger charge is -2.26. The molecule has 33 heavy (non-hydrogen) atoms. The minimum atomic E-state index is -0.278. The van der Waals surface area contributed by atoms with Gasteiger partial charge in [0.15, 0.2) is 11.5 Å². The standard InChI is InChI=1S/C24H28N4O5/c1-30-18-6-4-17(5-7-18)24(29)27-23-19-14-21(31-2)22(15-20(19)25-16-26-23)33-11-3-8-28-9-12-32-13-10-28/h4-7,14-16H,3,8-13H2,1-2H3,(H,25,26,27,29). The lowest BCUT2D eigenvalue weighted by atomic mass is 10.2. The first-order valence-corrected chi connectivity index (χ1v) is 10.9. The number of carbonyl (C=O) groups excluding carboxylic acids is 1. The monoisotopic (exact) mass is 452 g/mol. The molecule has 2 heterocycles. The number of morpholine rings is 1. The summed E-state index contributed by atoms with van der Waals surface area (Å²) in [6.07, 6.45) is 2.31. The van der Waals surface area contributed by atoms with Crippen molar-refractivity contribution in [1.29, 1.82) is 0 Å². The molecular weight excluding hydrogens is 424 g/mol. The summed E-state index contributed by atoms with van der Waals surface area (Å²) in [5.41, 5.74) is 1.15. The van der Waals surface area contributed by atoms with Gasteiger partial charge in [0, 0.05) is 36.7 Å². The molecule has 0 saturated carbocycles. The largest absolute Gasteiger partial charge is 0.497 e. The maximum Gasteiger partial charge on any atom is 0.256 e. The predicted octanol–water partition coefficient (Wildman–Crippen LogP) is 3.00. The topological polar surface area (TPSA) is 95.0 Å². The summed E-state index contributed by atoms with van der Waals surface area (Å²) in [6, 6.07) is 10.5. The fourth-order valence-corrected chi connectivity index (χ4v) is 3.65. The second kappa shape index (κ2) is 10.9. The van der Waals surface area contributed by atoms with Crippen molar-refractivity contribution in [3.05, 3.63) is 48.3 Å². The Morgan fingerprint density at radius 2 is 1.85 bits per heavy atom. The molecule has 0 unspecified atom stereocenters. The van der Waals surface area contributed by atoms with Crippen LogP contribution in [0.15, 0.2) is 42.7 Å². The Bertz CT molecular complexity index is 1080. The first-order valence-electron chi connectivity index (χ1n) is 10.9. The van der Waals surface area contributed by atoms with Crippen LogP contribution in [0.3, 0.4) is 0 Å². The van der Waals surface area contributed by atoms with Gasteiger partial charge in [0.2, 0.25) is 0 Å². The molecule has 9 nitrogen and oxygen atoms in total. The summed E-state index contributed by atoms with van der Waals surface area (Å²) in [5, 5.41) is 3.52. The number of methoxy groups -OCH3 is 2. The van der Waals surface area contributed by atoms with Gasteiger partial charge in [-0.1, -0.05) is 0 Å². The van der Waals surface area contributed by atoms with Crippen LogP contribution in [0.1, 0.15) is 16.8 Å². The van der Waals surface area contributed by atoms with Crippen LogP contribution in [0.5, 0.6) is 17.2 Å². The Hall–Kier alpha value is -3.43. The number of hydrogen-bond donors (Lipinski definition) is 1. The van der Waals surface area contributed by atoms with E-state index in [1.165, 1.54) is 6.33 Å². The van der Waals surface area contributed by atoms with Gasteiger partial charge in [-0.15, -0.1) is 0 Å². The molecule has 9 heteroatoms. The zero-order valence-corrected chi connectivity index (χ0v) is 18.9. The molecule has 1 aliphatic heterocycles. The van der Waals surface area contributed by atoms with Crippen LogP contribution in [-0.4, -0.2) is 74.4 Å². The number of hydrogen-bond acceptors (Lipinski definition) is 8. The molecule has 0 spiro atoms. The van der Waals surface area contributed by atoms with Crippen LogP contribution in [0.25, 0.3) is 10.9 Å². The highest BCUT2D eigenvalue weighted by Gasteiger charge is 2.15. The number of ether oxygens (including phenoxy) is 4. The van der Waals surface area contributed by atoms with E-state index in [0.717, 1.165) is 39.3 Å². The van der Waals surface area contributed by atoms with E-state index in [1.807, 2.05) is 6.07 Å². The van der Waals surface area contributed by atoms with E-state index in [1.54, 1.807) is 44.6 Å². The molecule has 0 bridgehead atoms. The van der Waals surface area contributed by atoms with Gasteiger partial charge in [0.1, 0.15) is 17.9 Å². The molecule has 1 saturated heterocycles. The normalized spacial score (nSPS) is 14.1. The first-order chi connectivity index (χ1) is 16.2. The summed E-state index contributed by atoms with van der Waals surface area (Å²) in [4.78, 5) is 23.7. The minimum absolute atomic E-state index is 0.278. The van der Waals surface area contributed by atoms with Gasteiger partial charge >= 0.3 is 0 Å². The molecule has 1 fully saturated rings. The Labute approximate surface area is 192 Å². The predicted molar refractivity (Wildman–Crippen MR) is 124 cm³/mol. The highest BCUT2D eigenvalue weighted by molar-refractivity contribution is 6.08. The van der Waals surface area contributed by atoms with Crippen molar-refractivity contribution >= 4 is 22.6 Å². The number of amides is 1. The van der Waals surface area contributed by atoms with Crippen LogP contribution in [0.2, 0.25) is 0 Å².